The van der Waals surface area contributed by atoms with Crippen molar-refractivity contribution in [2.75, 3.05) is 20.8 Å². The molecule has 0 bridgehead atoms. The maximum absolute atomic E-state index is 12.6. The Balaban J connectivity index is 2.52. The molecule has 0 aliphatic carbocycles. The molecule has 1 unspecified atom stereocenters. The Hall–Kier alpha value is -3.27. The second-order valence-corrected chi connectivity index (χ2v) is 7.26. The summed E-state index contributed by atoms with van der Waals surface area (Å²) in [6.45, 7) is 1.87. The van der Waals surface area contributed by atoms with Crippen LogP contribution in [0.25, 0.3) is 0 Å². The van der Waals surface area contributed by atoms with Gasteiger partial charge in [0.1, 0.15) is 5.75 Å². The Morgan fingerprint density at radius 2 is 1.79 bits per heavy atom. The van der Waals surface area contributed by atoms with Gasteiger partial charge in [-0.2, -0.15) is 0 Å². The molecule has 7 nitrogen and oxygen atoms in total. The monoisotopic (exact) mass is 469 g/mol. The minimum atomic E-state index is -4.82. The normalized spacial score (nSPS) is 21.4. The third-order valence-corrected chi connectivity index (χ3v) is 4.82. The smallest absolute Gasteiger partial charge is 0.465 e. The Kier molecular flexibility index (Phi) is 9.10. The number of allylic oxidation sites excluding steroid dienone is 2. The van der Waals surface area contributed by atoms with E-state index < -0.39 is 18.3 Å². The van der Waals surface area contributed by atoms with Crippen LogP contribution in [-0.2, 0) is 25.6 Å². The lowest BCUT2D eigenvalue weighted by Crippen LogP contribution is -2.30. The number of ether oxygens (including phenoxy) is 3. The first-order valence-corrected chi connectivity index (χ1v) is 10.1. The third kappa shape index (κ3) is 7.67. The second kappa shape index (κ2) is 11.6. The van der Waals surface area contributed by atoms with Crippen molar-refractivity contribution in [2.24, 2.45) is 0 Å². The SMILES string of the molecule is COC(=O)C1=C/C(CCCO)=C\C(C)N(Cc2cccc(OC(F)(F)F)c2)/C=C\1C(=O)OC. The molecule has 1 aliphatic rings. The van der Waals surface area contributed by atoms with Crippen molar-refractivity contribution < 1.29 is 42.1 Å². The third-order valence-electron chi connectivity index (χ3n) is 4.82. The topological polar surface area (TPSA) is 85.3 Å². The molecule has 1 aliphatic heterocycles. The fourth-order valence-electron chi connectivity index (χ4n) is 3.30. The lowest BCUT2D eigenvalue weighted by molar-refractivity contribution is -0.274. The van der Waals surface area contributed by atoms with Gasteiger partial charge >= 0.3 is 18.3 Å². The van der Waals surface area contributed by atoms with E-state index in [9.17, 15) is 27.9 Å². The lowest BCUT2D eigenvalue weighted by atomic mass is 9.97. The van der Waals surface area contributed by atoms with Gasteiger partial charge < -0.3 is 24.2 Å². The summed E-state index contributed by atoms with van der Waals surface area (Å²) in [6, 6.07) is 5.17. The molecule has 0 radical (unpaired) electrons. The van der Waals surface area contributed by atoms with E-state index in [1.54, 1.807) is 11.0 Å². The molecule has 33 heavy (non-hydrogen) atoms. The van der Waals surface area contributed by atoms with E-state index in [0.29, 0.717) is 24.0 Å². The molecule has 1 aromatic rings. The quantitative estimate of drug-likeness (QED) is 0.582. The highest BCUT2D eigenvalue weighted by Crippen LogP contribution is 2.27. The van der Waals surface area contributed by atoms with Gasteiger partial charge in [0.2, 0.25) is 0 Å². The predicted octanol–water partition coefficient (Wildman–Crippen LogP) is 3.64. The minimum absolute atomic E-state index is 0.0282. The molecule has 180 valence electrons. The number of esters is 2. The van der Waals surface area contributed by atoms with Crippen LogP contribution in [0.1, 0.15) is 25.3 Å². The fourth-order valence-corrected chi connectivity index (χ4v) is 3.30. The van der Waals surface area contributed by atoms with Gasteiger partial charge in [-0.3, -0.25) is 0 Å². The van der Waals surface area contributed by atoms with Gasteiger partial charge in [-0.1, -0.05) is 18.2 Å². The Morgan fingerprint density at radius 3 is 2.39 bits per heavy atom. The summed E-state index contributed by atoms with van der Waals surface area (Å²) in [5.74, 6) is -1.90. The van der Waals surface area contributed by atoms with Crippen molar-refractivity contribution in [1.29, 1.82) is 0 Å². The van der Waals surface area contributed by atoms with E-state index in [1.165, 1.54) is 44.7 Å². The molecule has 1 N–H and O–H groups in total. The highest BCUT2D eigenvalue weighted by atomic mass is 19.4. The van der Waals surface area contributed by atoms with Gasteiger partial charge in [0.25, 0.3) is 0 Å². The van der Waals surface area contributed by atoms with Crippen molar-refractivity contribution in [3.63, 3.8) is 0 Å². The van der Waals surface area contributed by atoms with Crippen molar-refractivity contribution in [3.05, 3.63) is 64.9 Å². The van der Waals surface area contributed by atoms with Crippen LogP contribution in [0, 0.1) is 0 Å². The summed E-state index contributed by atoms with van der Waals surface area (Å²) in [7, 11) is 2.35. The molecule has 0 saturated heterocycles. The van der Waals surface area contributed by atoms with E-state index in [2.05, 4.69) is 4.74 Å². The standard InChI is InChI=1S/C23H26F3NO6/c1-15-10-16(7-5-9-28)12-19(21(29)31-2)20(22(30)32-3)14-27(15)13-17-6-4-8-18(11-17)33-23(24,25)26/h4,6,8,10-12,14-15,28H,5,7,9,13H2,1-3H3/b16-10-,19-12+,20-14+. The van der Waals surface area contributed by atoms with E-state index in [0.717, 1.165) is 0 Å². The molecular weight excluding hydrogens is 443 g/mol. The maximum Gasteiger partial charge on any atom is 0.573 e. The Morgan fingerprint density at radius 1 is 1.12 bits per heavy atom. The van der Waals surface area contributed by atoms with Crippen LogP contribution in [-0.4, -0.2) is 55.2 Å². The second-order valence-electron chi connectivity index (χ2n) is 7.26. The van der Waals surface area contributed by atoms with Gasteiger partial charge in [0.15, 0.2) is 0 Å². The van der Waals surface area contributed by atoms with Crippen LogP contribution < -0.4 is 4.74 Å². The molecule has 0 spiro atoms. The van der Waals surface area contributed by atoms with Crippen LogP contribution in [0.15, 0.2) is 59.3 Å². The first kappa shape index (κ1) is 26.0. The highest BCUT2D eigenvalue weighted by molar-refractivity contribution is 6.07. The average molecular weight is 469 g/mol. The molecule has 0 saturated carbocycles. The lowest BCUT2D eigenvalue weighted by Gasteiger charge is -2.29. The largest absolute Gasteiger partial charge is 0.573 e. The number of aliphatic hydroxyl groups is 1. The van der Waals surface area contributed by atoms with E-state index in [4.69, 9.17) is 9.47 Å². The maximum atomic E-state index is 12.6. The number of halogens is 3. The van der Waals surface area contributed by atoms with Crippen molar-refractivity contribution in [2.45, 2.75) is 38.7 Å². The molecule has 0 amide bonds. The molecule has 1 heterocycles. The molecule has 10 heteroatoms. The summed E-state index contributed by atoms with van der Waals surface area (Å²) in [5.41, 5.74) is 1.08. The number of rotatable bonds is 8. The average Bonchev–Trinajstić information content (AvgIpc) is 2.75. The molecule has 0 aromatic heterocycles. The summed E-state index contributed by atoms with van der Waals surface area (Å²) in [4.78, 5) is 26.7. The van der Waals surface area contributed by atoms with E-state index in [1.807, 2.05) is 13.0 Å². The number of hydrogen-bond acceptors (Lipinski definition) is 7. The van der Waals surface area contributed by atoms with Crippen LogP contribution in [0.2, 0.25) is 0 Å². The van der Waals surface area contributed by atoms with Gasteiger partial charge in [0.05, 0.1) is 25.4 Å². The highest BCUT2D eigenvalue weighted by Gasteiger charge is 2.31. The van der Waals surface area contributed by atoms with Gasteiger partial charge in [-0.05, 0) is 49.1 Å². The summed E-state index contributed by atoms with van der Waals surface area (Å²) < 4.78 is 51.5. The van der Waals surface area contributed by atoms with Gasteiger partial charge in [-0.25, -0.2) is 9.59 Å². The van der Waals surface area contributed by atoms with Crippen LogP contribution in [0.4, 0.5) is 13.2 Å². The number of hydrogen-bond donors (Lipinski definition) is 1. The molecule has 1 atom stereocenters. The van der Waals surface area contributed by atoms with Crippen molar-refractivity contribution in [3.8, 4) is 5.75 Å². The molecule has 0 fully saturated rings. The summed E-state index contributed by atoms with van der Waals surface area (Å²) in [5, 5.41) is 9.21. The fraction of sp³-hybridized carbons (Fsp3) is 0.391. The van der Waals surface area contributed by atoms with Crippen LogP contribution in [0.5, 0.6) is 5.75 Å². The first-order valence-electron chi connectivity index (χ1n) is 10.1. The Labute approximate surface area is 189 Å². The van der Waals surface area contributed by atoms with Crippen LogP contribution >= 0.6 is 0 Å². The number of methoxy groups -OCH3 is 2. The zero-order valence-corrected chi connectivity index (χ0v) is 18.5. The van der Waals surface area contributed by atoms with Crippen molar-refractivity contribution >= 4 is 11.9 Å². The minimum Gasteiger partial charge on any atom is -0.465 e. The van der Waals surface area contributed by atoms with Crippen LogP contribution in [0.3, 0.4) is 0 Å². The van der Waals surface area contributed by atoms with Gasteiger partial charge in [-0.15, -0.1) is 13.2 Å². The number of carbonyl (C=O) groups excluding carboxylic acids is 2. The Bertz CT molecular complexity index is 952. The predicted molar refractivity (Wildman–Crippen MR) is 113 cm³/mol. The number of carbonyl (C=O) groups is 2. The first-order chi connectivity index (χ1) is 15.6. The molecular formula is C23H26F3NO6. The van der Waals surface area contributed by atoms with E-state index in [-0.39, 0.29) is 36.1 Å². The molecule has 1 aromatic carbocycles. The summed E-state index contributed by atoms with van der Waals surface area (Å²) >= 11 is 0. The van der Waals surface area contributed by atoms with Crippen molar-refractivity contribution in [1.82, 2.24) is 4.90 Å². The molecule has 2 rings (SSSR count). The zero-order valence-electron chi connectivity index (χ0n) is 18.5. The number of nitrogens with zero attached hydrogens (tertiary/aromatic N) is 1. The number of benzene rings is 1. The van der Waals surface area contributed by atoms with Gasteiger partial charge in [0, 0.05) is 25.4 Å². The van der Waals surface area contributed by atoms with E-state index >= 15 is 0 Å². The number of alkyl halides is 3. The summed E-state index contributed by atoms with van der Waals surface area (Å²) in [6.07, 6.45) is 0.829. The number of aliphatic hydroxyl groups excluding tert-OH is 1. The zero-order chi connectivity index (χ0) is 24.6.